The Balaban J connectivity index is 2.37. The predicted molar refractivity (Wildman–Crippen MR) is 66.2 cm³/mol. The Hall–Kier alpha value is -2.02. The minimum atomic E-state index is -4.52. The van der Waals surface area contributed by atoms with Crippen LogP contribution in [-0.4, -0.2) is 10.2 Å². The average molecular weight is 289 g/mol. The zero-order chi connectivity index (χ0) is 14.0. The first-order valence-electron chi connectivity index (χ1n) is 5.09. The standard InChI is InChI=1S/C11H8ClF3N4/c12-6-1-2-8(7(5-6)11(13,14)15)17-10-4-3-9(16)18-19-10/h1-5H,(H2,16,18)(H,17,19). The van der Waals surface area contributed by atoms with Crippen LogP contribution >= 0.6 is 11.6 Å². The van der Waals surface area contributed by atoms with Gasteiger partial charge in [-0.15, -0.1) is 10.2 Å². The molecule has 0 aliphatic heterocycles. The number of nitrogens with two attached hydrogens (primary N) is 1. The van der Waals surface area contributed by atoms with Gasteiger partial charge >= 0.3 is 6.18 Å². The number of nitrogens with one attached hydrogen (secondary N) is 1. The summed E-state index contributed by atoms with van der Waals surface area (Å²) in [6.07, 6.45) is -4.52. The molecule has 2 aromatic rings. The number of halogens is 4. The van der Waals surface area contributed by atoms with Crippen molar-refractivity contribution in [1.82, 2.24) is 10.2 Å². The number of hydrogen-bond acceptors (Lipinski definition) is 4. The van der Waals surface area contributed by atoms with Gasteiger partial charge in [0, 0.05) is 5.02 Å². The van der Waals surface area contributed by atoms with E-state index in [1.807, 2.05) is 0 Å². The van der Waals surface area contributed by atoms with Gasteiger partial charge in [0.15, 0.2) is 5.82 Å². The van der Waals surface area contributed by atoms with E-state index in [0.717, 1.165) is 6.07 Å². The van der Waals surface area contributed by atoms with Gasteiger partial charge in [-0.1, -0.05) is 11.6 Å². The van der Waals surface area contributed by atoms with Crippen LogP contribution in [0.1, 0.15) is 5.56 Å². The molecule has 2 rings (SSSR count). The largest absolute Gasteiger partial charge is 0.418 e. The van der Waals surface area contributed by atoms with E-state index in [-0.39, 0.29) is 22.3 Å². The van der Waals surface area contributed by atoms with Crippen molar-refractivity contribution in [2.45, 2.75) is 6.18 Å². The van der Waals surface area contributed by atoms with Crippen LogP contribution < -0.4 is 11.1 Å². The zero-order valence-electron chi connectivity index (χ0n) is 9.37. The maximum atomic E-state index is 12.8. The van der Waals surface area contributed by atoms with Gasteiger partial charge < -0.3 is 11.1 Å². The van der Waals surface area contributed by atoms with Crippen LogP contribution in [-0.2, 0) is 6.18 Å². The Morgan fingerprint density at radius 3 is 2.42 bits per heavy atom. The third-order valence-electron chi connectivity index (χ3n) is 2.23. The maximum absolute atomic E-state index is 12.8. The molecule has 4 nitrogen and oxygen atoms in total. The van der Waals surface area contributed by atoms with E-state index in [9.17, 15) is 13.2 Å². The Morgan fingerprint density at radius 1 is 1.11 bits per heavy atom. The predicted octanol–water partition coefficient (Wildman–Crippen LogP) is 3.47. The Kier molecular flexibility index (Phi) is 3.48. The highest BCUT2D eigenvalue weighted by Gasteiger charge is 2.33. The molecule has 3 N–H and O–H groups in total. The molecular weight excluding hydrogens is 281 g/mol. The topological polar surface area (TPSA) is 63.8 Å². The number of alkyl halides is 3. The lowest BCUT2D eigenvalue weighted by Crippen LogP contribution is -2.09. The van der Waals surface area contributed by atoms with Crippen LogP contribution in [0.25, 0.3) is 0 Å². The Bertz CT molecular complexity index is 583. The molecule has 0 bridgehead atoms. The Labute approximate surface area is 111 Å². The smallest absolute Gasteiger partial charge is 0.382 e. The summed E-state index contributed by atoms with van der Waals surface area (Å²) in [5.74, 6) is 0.333. The van der Waals surface area contributed by atoms with Gasteiger partial charge in [0.2, 0.25) is 0 Å². The quantitative estimate of drug-likeness (QED) is 0.888. The summed E-state index contributed by atoms with van der Waals surface area (Å²) in [6.45, 7) is 0. The third kappa shape index (κ3) is 3.25. The minimum Gasteiger partial charge on any atom is -0.382 e. The van der Waals surface area contributed by atoms with Gasteiger partial charge in [0.1, 0.15) is 5.82 Å². The fraction of sp³-hybridized carbons (Fsp3) is 0.0909. The van der Waals surface area contributed by atoms with E-state index in [0.29, 0.717) is 0 Å². The second-order valence-electron chi connectivity index (χ2n) is 3.66. The molecule has 0 radical (unpaired) electrons. The highest BCUT2D eigenvalue weighted by molar-refractivity contribution is 6.30. The lowest BCUT2D eigenvalue weighted by atomic mass is 10.1. The summed E-state index contributed by atoms with van der Waals surface area (Å²) in [6, 6.07) is 6.28. The summed E-state index contributed by atoms with van der Waals surface area (Å²) in [7, 11) is 0. The van der Waals surface area contributed by atoms with Crippen LogP contribution in [0.2, 0.25) is 5.02 Å². The van der Waals surface area contributed by atoms with Crippen molar-refractivity contribution in [3.63, 3.8) is 0 Å². The molecule has 0 spiro atoms. The van der Waals surface area contributed by atoms with Crippen LogP contribution in [0, 0.1) is 0 Å². The van der Waals surface area contributed by atoms with E-state index in [4.69, 9.17) is 17.3 Å². The molecule has 0 saturated heterocycles. The molecule has 100 valence electrons. The number of benzene rings is 1. The SMILES string of the molecule is Nc1ccc(Nc2ccc(Cl)cc2C(F)(F)F)nn1. The summed E-state index contributed by atoms with van der Waals surface area (Å²) in [5.41, 5.74) is 4.31. The van der Waals surface area contributed by atoms with Crippen LogP contribution in [0.15, 0.2) is 30.3 Å². The molecular formula is C11H8ClF3N4. The normalized spacial score (nSPS) is 11.4. The summed E-state index contributed by atoms with van der Waals surface area (Å²) in [5, 5.41) is 9.70. The number of nitrogens with zero attached hydrogens (tertiary/aromatic N) is 2. The molecule has 19 heavy (non-hydrogen) atoms. The first kappa shape index (κ1) is 13.4. The molecule has 0 unspecified atom stereocenters. The monoisotopic (exact) mass is 288 g/mol. The van der Waals surface area contributed by atoms with E-state index < -0.39 is 11.7 Å². The second-order valence-corrected chi connectivity index (χ2v) is 4.09. The molecule has 1 heterocycles. The van der Waals surface area contributed by atoms with E-state index >= 15 is 0 Å². The number of aromatic nitrogens is 2. The maximum Gasteiger partial charge on any atom is 0.418 e. The van der Waals surface area contributed by atoms with Crippen LogP contribution in [0.5, 0.6) is 0 Å². The molecule has 0 saturated carbocycles. The van der Waals surface area contributed by atoms with E-state index in [1.165, 1.54) is 24.3 Å². The van der Waals surface area contributed by atoms with Crippen molar-refractivity contribution in [3.05, 3.63) is 40.9 Å². The van der Waals surface area contributed by atoms with Crippen molar-refractivity contribution >= 4 is 28.9 Å². The number of rotatable bonds is 2. The molecule has 0 aliphatic carbocycles. The summed E-state index contributed by atoms with van der Waals surface area (Å²) in [4.78, 5) is 0. The zero-order valence-corrected chi connectivity index (χ0v) is 10.1. The fourth-order valence-corrected chi connectivity index (χ4v) is 1.58. The first-order chi connectivity index (χ1) is 8.86. The van der Waals surface area contributed by atoms with Gasteiger partial charge in [-0.25, -0.2) is 0 Å². The molecule has 1 aromatic heterocycles. The highest BCUT2D eigenvalue weighted by atomic mass is 35.5. The lowest BCUT2D eigenvalue weighted by molar-refractivity contribution is -0.136. The lowest BCUT2D eigenvalue weighted by Gasteiger charge is -2.14. The van der Waals surface area contributed by atoms with Crippen molar-refractivity contribution < 1.29 is 13.2 Å². The Morgan fingerprint density at radius 2 is 1.84 bits per heavy atom. The van der Waals surface area contributed by atoms with Gasteiger partial charge in [-0.05, 0) is 30.3 Å². The minimum absolute atomic E-state index is 0.00117. The molecule has 0 aliphatic rings. The third-order valence-corrected chi connectivity index (χ3v) is 2.47. The number of hydrogen-bond donors (Lipinski definition) is 2. The van der Waals surface area contributed by atoms with Crippen LogP contribution in [0.4, 0.5) is 30.5 Å². The van der Waals surface area contributed by atoms with Gasteiger partial charge in [-0.2, -0.15) is 13.2 Å². The van der Waals surface area contributed by atoms with Crippen LogP contribution in [0.3, 0.4) is 0 Å². The fourth-order valence-electron chi connectivity index (χ4n) is 1.41. The van der Waals surface area contributed by atoms with Gasteiger partial charge in [-0.3, -0.25) is 0 Å². The van der Waals surface area contributed by atoms with Gasteiger partial charge in [0.25, 0.3) is 0 Å². The van der Waals surface area contributed by atoms with Crippen molar-refractivity contribution in [1.29, 1.82) is 0 Å². The first-order valence-corrected chi connectivity index (χ1v) is 5.47. The molecule has 0 fully saturated rings. The van der Waals surface area contributed by atoms with Gasteiger partial charge in [0.05, 0.1) is 11.3 Å². The van der Waals surface area contributed by atoms with E-state index in [1.54, 1.807) is 0 Å². The molecule has 0 amide bonds. The summed E-state index contributed by atoms with van der Waals surface area (Å²) < 4.78 is 38.5. The molecule has 8 heteroatoms. The number of nitrogen functional groups attached to an aromatic ring is 1. The summed E-state index contributed by atoms with van der Waals surface area (Å²) >= 11 is 5.57. The number of anilines is 3. The van der Waals surface area contributed by atoms with Crippen molar-refractivity contribution in [2.75, 3.05) is 11.1 Å². The molecule has 0 atom stereocenters. The van der Waals surface area contributed by atoms with Crippen molar-refractivity contribution in [2.24, 2.45) is 0 Å². The average Bonchev–Trinajstić information content (AvgIpc) is 2.33. The molecule has 1 aromatic carbocycles. The second kappa shape index (κ2) is 4.93. The highest BCUT2D eigenvalue weighted by Crippen LogP contribution is 2.37. The van der Waals surface area contributed by atoms with E-state index in [2.05, 4.69) is 15.5 Å². The van der Waals surface area contributed by atoms with Crippen molar-refractivity contribution in [3.8, 4) is 0 Å².